The van der Waals surface area contributed by atoms with E-state index in [1.165, 1.54) is 37.5 Å². The predicted molar refractivity (Wildman–Crippen MR) is 121 cm³/mol. The molecule has 0 aliphatic carbocycles. The van der Waals surface area contributed by atoms with E-state index in [0.717, 1.165) is 10.5 Å². The number of hydrogen-bond donors (Lipinski definition) is 2. The molecule has 1 aromatic heterocycles. The Hall–Kier alpha value is -4.86. The van der Waals surface area contributed by atoms with Gasteiger partial charge in [-0.1, -0.05) is 30.3 Å². The standard InChI is InChI=1S/C25H20N2O8/c1-33-24(31)21-11-10-18(35-21)13-27-22(28)19(26-25(27)32)12-17-4-2-3-5-20(17)34-14-15-6-8-16(9-7-15)23(29)30/h2-12H,13-14H2,1H3,(H,26,32)(H,29,30)/b19-12-. The first-order chi connectivity index (χ1) is 16.9. The summed E-state index contributed by atoms with van der Waals surface area (Å²) in [5, 5.41) is 11.5. The highest BCUT2D eigenvalue weighted by Crippen LogP contribution is 2.24. The smallest absolute Gasteiger partial charge is 0.373 e. The lowest BCUT2D eigenvalue weighted by Crippen LogP contribution is -2.30. The lowest BCUT2D eigenvalue weighted by Gasteiger charge is -2.10. The summed E-state index contributed by atoms with van der Waals surface area (Å²) in [6.07, 6.45) is 1.51. The van der Waals surface area contributed by atoms with E-state index in [1.54, 1.807) is 36.4 Å². The molecule has 1 aliphatic rings. The molecule has 0 radical (unpaired) electrons. The molecule has 3 amide bonds. The number of rotatable bonds is 8. The largest absolute Gasteiger partial charge is 0.488 e. The molecular weight excluding hydrogens is 456 g/mol. The molecule has 1 saturated heterocycles. The number of nitrogens with one attached hydrogen (secondary N) is 1. The van der Waals surface area contributed by atoms with E-state index in [-0.39, 0.29) is 35.9 Å². The maximum Gasteiger partial charge on any atom is 0.373 e. The molecule has 35 heavy (non-hydrogen) atoms. The summed E-state index contributed by atoms with van der Waals surface area (Å²) in [4.78, 5) is 48.8. The number of carboxylic acids is 1. The molecule has 0 atom stereocenters. The van der Waals surface area contributed by atoms with Gasteiger partial charge in [-0.15, -0.1) is 0 Å². The van der Waals surface area contributed by atoms with Crippen molar-refractivity contribution < 1.29 is 38.2 Å². The fourth-order valence-electron chi connectivity index (χ4n) is 3.34. The van der Waals surface area contributed by atoms with Crippen LogP contribution < -0.4 is 10.1 Å². The van der Waals surface area contributed by atoms with Crippen LogP contribution in [0.3, 0.4) is 0 Å². The zero-order valence-corrected chi connectivity index (χ0v) is 18.5. The molecule has 1 aliphatic heterocycles. The Labute approximate surface area is 199 Å². The Balaban J connectivity index is 1.47. The molecule has 0 saturated carbocycles. The molecule has 2 N–H and O–H groups in total. The van der Waals surface area contributed by atoms with Crippen LogP contribution in [0.1, 0.15) is 37.8 Å². The van der Waals surface area contributed by atoms with E-state index in [1.807, 2.05) is 0 Å². The van der Waals surface area contributed by atoms with Gasteiger partial charge in [-0.3, -0.25) is 9.69 Å². The first kappa shape index (κ1) is 23.3. The maximum absolute atomic E-state index is 12.9. The van der Waals surface area contributed by atoms with Crippen LogP contribution in [-0.4, -0.2) is 41.0 Å². The molecule has 0 unspecified atom stereocenters. The predicted octanol–water partition coefficient (Wildman–Crippen LogP) is 3.44. The average molecular weight is 476 g/mol. The van der Waals surface area contributed by atoms with Crippen molar-refractivity contribution in [3.8, 4) is 5.75 Å². The molecule has 1 fully saturated rings. The summed E-state index contributed by atoms with van der Waals surface area (Å²) in [5.74, 6) is -1.56. The molecule has 10 nitrogen and oxygen atoms in total. The van der Waals surface area contributed by atoms with Crippen LogP contribution in [0.5, 0.6) is 5.75 Å². The van der Waals surface area contributed by atoms with E-state index in [4.69, 9.17) is 14.3 Å². The monoisotopic (exact) mass is 476 g/mol. The zero-order valence-electron chi connectivity index (χ0n) is 18.5. The normalized spacial score (nSPS) is 14.2. The van der Waals surface area contributed by atoms with Crippen molar-refractivity contribution in [3.05, 3.63) is 94.6 Å². The Morgan fingerprint density at radius 2 is 1.80 bits per heavy atom. The van der Waals surface area contributed by atoms with E-state index < -0.39 is 23.9 Å². The first-order valence-electron chi connectivity index (χ1n) is 10.4. The van der Waals surface area contributed by atoms with Crippen molar-refractivity contribution in [2.75, 3.05) is 7.11 Å². The van der Waals surface area contributed by atoms with Gasteiger partial charge in [0.1, 0.15) is 23.8 Å². The molecule has 178 valence electrons. The van der Waals surface area contributed by atoms with Gasteiger partial charge < -0.3 is 24.3 Å². The fraction of sp³-hybridized carbons (Fsp3) is 0.120. The summed E-state index contributed by atoms with van der Waals surface area (Å²) < 4.78 is 15.8. The van der Waals surface area contributed by atoms with Gasteiger partial charge in [-0.2, -0.15) is 0 Å². The third-order valence-electron chi connectivity index (χ3n) is 5.14. The second kappa shape index (κ2) is 9.96. The highest BCUT2D eigenvalue weighted by molar-refractivity contribution is 6.14. The van der Waals surface area contributed by atoms with E-state index >= 15 is 0 Å². The van der Waals surface area contributed by atoms with Gasteiger partial charge in [0, 0.05) is 5.56 Å². The molecular formula is C25H20N2O8. The van der Waals surface area contributed by atoms with Crippen molar-refractivity contribution in [1.82, 2.24) is 10.2 Å². The first-order valence-corrected chi connectivity index (χ1v) is 10.4. The summed E-state index contributed by atoms with van der Waals surface area (Å²) in [6.45, 7) is 0.0109. The number of imide groups is 1. The zero-order chi connectivity index (χ0) is 24.9. The lowest BCUT2D eigenvalue weighted by molar-refractivity contribution is -0.123. The van der Waals surface area contributed by atoms with Crippen LogP contribution in [0.4, 0.5) is 4.79 Å². The van der Waals surface area contributed by atoms with E-state index in [2.05, 4.69) is 10.1 Å². The number of ether oxygens (including phenoxy) is 2. The SMILES string of the molecule is COC(=O)c1ccc(CN2C(=O)N/C(=C\c3ccccc3OCc3ccc(C(=O)O)cc3)C2=O)o1. The Morgan fingerprint density at radius 3 is 2.51 bits per heavy atom. The van der Waals surface area contributed by atoms with Gasteiger partial charge in [0.25, 0.3) is 5.91 Å². The number of furan rings is 1. The quantitative estimate of drug-likeness (QED) is 0.287. The number of nitrogens with zero attached hydrogens (tertiary/aromatic N) is 1. The number of esters is 1. The molecule has 10 heteroatoms. The summed E-state index contributed by atoms with van der Waals surface area (Å²) in [5.41, 5.74) is 1.55. The van der Waals surface area contributed by atoms with Crippen molar-refractivity contribution in [2.24, 2.45) is 0 Å². The van der Waals surface area contributed by atoms with E-state index in [9.17, 15) is 19.2 Å². The van der Waals surface area contributed by atoms with Crippen molar-refractivity contribution in [3.63, 3.8) is 0 Å². The van der Waals surface area contributed by atoms with Crippen LogP contribution in [-0.2, 0) is 22.7 Å². The number of hydrogen-bond acceptors (Lipinski definition) is 7. The number of methoxy groups -OCH3 is 1. The number of carbonyl (C=O) groups excluding carboxylic acids is 3. The highest BCUT2D eigenvalue weighted by atomic mass is 16.5. The van der Waals surface area contributed by atoms with Crippen LogP contribution >= 0.6 is 0 Å². The average Bonchev–Trinajstić information content (AvgIpc) is 3.43. The van der Waals surface area contributed by atoms with Crippen LogP contribution in [0.2, 0.25) is 0 Å². The van der Waals surface area contributed by atoms with Gasteiger partial charge in [-0.05, 0) is 42.0 Å². The molecule has 4 rings (SSSR count). The topological polar surface area (TPSA) is 135 Å². The summed E-state index contributed by atoms with van der Waals surface area (Å²) in [7, 11) is 1.22. The number of amides is 3. The molecule has 0 spiro atoms. The summed E-state index contributed by atoms with van der Waals surface area (Å²) in [6, 6.07) is 15.5. The number of aromatic carboxylic acids is 1. The highest BCUT2D eigenvalue weighted by Gasteiger charge is 2.34. The minimum absolute atomic E-state index is 0.0333. The maximum atomic E-state index is 12.9. The number of carbonyl (C=O) groups is 4. The summed E-state index contributed by atoms with van der Waals surface area (Å²) >= 11 is 0. The van der Waals surface area contributed by atoms with Crippen molar-refractivity contribution in [2.45, 2.75) is 13.2 Å². The number of para-hydroxylation sites is 1. The molecule has 3 aromatic rings. The van der Waals surface area contributed by atoms with Crippen molar-refractivity contribution >= 4 is 30.0 Å². The minimum atomic E-state index is -1.01. The van der Waals surface area contributed by atoms with Gasteiger partial charge in [0.2, 0.25) is 5.76 Å². The number of benzene rings is 2. The lowest BCUT2D eigenvalue weighted by atomic mass is 10.1. The van der Waals surface area contributed by atoms with Gasteiger partial charge in [0.05, 0.1) is 19.2 Å². The Morgan fingerprint density at radius 1 is 1.06 bits per heavy atom. The van der Waals surface area contributed by atoms with Gasteiger partial charge in [-0.25, -0.2) is 14.4 Å². The van der Waals surface area contributed by atoms with Gasteiger partial charge >= 0.3 is 18.0 Å². The fourth-order valence-corrected chi connectivity index (χ4v) is 3.34. The van der Waals surface area contributed by atoms with E-state index in [0.29, 0.717) is 11.3 Å². The molecule has 0 bridgehead atoms. The van der Waals surface area contributed by atoms with Crippen LogP contribution in [0.15, 0.2) is 70.8 Å². The van der Waals surface area contributed by atoms with Crippen LogP contribution in [0.25, 0.3) is 6.08 Å². The third kappa shape index (κ3) is 5.22. The van der Waals surface area contributed by atoms with Crippen LogP contribution in [0, 0.1) is 0 Å². The van der Waals surface area contributed by atoms with Gasteiger partial charge in [0.15, 0.2) is 0 Å². The second-order valence-corrected chi connectivity index (χ2v) is 7.47. The molecule has 2 heterocycles. The van der Waals surface area contributed by atoms with Crippen molar-refractivity contribution in [1.29, 1.82) is 0 Å². The Bertz CT molecular complexity index is 1320. The second-order valence-electron chi connectivity index (χ2n) is 7.47. The number of urea groups is 1. The molecule has 2 aromatic carbocycles. The number of carboxylic acid groups (broad SMARTS) is 1. The third-order valence-corrected chi connectivity index (χ3v) is 5.14. The minimum Gasteiger partial charge on any atom is -0.488 e. The Kier molecular flexibility index (Phi) is 6.63.